The van der Waals surface area contributed by atoms with Crippen LogP contribution in [0.25, 0.3) is 0 Å². The summed E-state index contributed by atoms with van der Waals surface area (Å²) in [5.74, 6) is -0.263. The lowest BCUT2D eigenvalue weighted by atomic mass is 9.45. The molecule has 0 aromatic heterocycles. The molecule has 0 saturated heterocycles. The molecule has 4 rings (SSSR count). The molecule has 27 heavy (non-hydrogen) atoms. The van der Waals surface area contributed by atoms with E-state index >= 15 is 0 Å². The summed E-state index contributed by atoms with van der Waals surface area (Å²) in [6.07, 6.45) is 14.0. The molecule has 4 saturated carbocycles. The van der Waals surface area contributed by atoms with Gasteiger partial charge in [0.05, 0.1) is 0 Å². The van der Waals surface area contributed by atoms with Gasteiger partial charge in [-0.1, -0.05) is 26.7 Å². The largest absolute Gasteiger partial charge is 0.477 e. The van der Waals surface area contributed by atoms with Crippen molar-refractivity contribution < 1.29 is 20.1 Å². The third kappa shape index (κ3) is 3.06. The Labute approximate surface area is 163 Å². The highest BCUT2D eigenvalue weighted by molar-refractivity contribution is 5.74. The van der Waals surface area contributed by atoms with Crippen LogP contribution in [-0.4, -0.2) is 27.1 Å². The summed E-state index contributed by atoms with van der Waals surface area (Å²) in [5.41, 5.74) is 0.808. The maximum absolute atomic E-state index is 11.0. The lowest BCUT2D eigenvalue weighted by Gasteiger charge is -2.60. The molecular weight excluding hydrogens is 340 g/mol. The van der Waals surface area contributed by atoms with Crippen molar-refractivity contribution in [1.82, 2.24) is 0 Å². The molecule has 7 atom stereocenters. The van der Waals surface area contributed by atoms with Crippen LogP contribution in [0.15, 0.2) is 0 Å². The summed E-state index contributed by atoms with van der Waals surface area (Å²) in [7, 11) is 0. The number of rotatable bonds is 4. The fraction of sp³-hybridized carbons (Fsp3) is 0.957. The summed E-state index contributed by atoms with van der Waals surface area (Å²) in [6, 6.07) is 0. The van der Waals surface area contributed by atoms with Crippen LogP contribution < -0.4 is 0 Å². The van der Waals surface area contributed by atoms with Crippen LogP contribution in [0, 0.1) is 40.4 Å². The van der Waals surface area contributed by atoms with Crippen molar-refractivity contribution in [2.24, 2.45) is 40.4 Å². The summed E-state index contributed by atoms with van der Waals surface area (Å²) in [6.45, 7) is 5.03. The van der Waals surface area contributed by atoms with E-state index in [0.29, 0.717) is 17.8 Å². The molecule has 154 valence electrons. The second-order valence-corrected chi connectivity index (χ2v) is 10.9. The zero-order valence-corrected chi connectivity index (χ0v) is 17.1. The van der Waals surface area contributed by atoms with Crippen LogP contribution in [0.5, 0.6) is 0 Å². The predicted molar refractivity (Wildman–Crippen MR) is 104 cm³/mol. The molecule has 7 unspecified atom stereocenters. The van der Waals surface area contributed by atoms with Gasteiger partial charge in [-0.25, -0.2) is 4.79 Å². The van der Waals surface area contributed by atoms with Crippen LogP contribution in [0.4, 0.5) is 0 Å². The normalized spacial score (nSPS) is 47.0. The molecule has 4 aliphatic rings. The monoisotopic (exact) mass is 378 g/mol. The predicted octanol–water partition coefficient (Wildman–Crippen LogP) is 4.58. The number of hydrogen-bond acceptors (Lipinski definition) is 3. The van der Waals surface area contributed by atoms with Crippen molar-refractivity contribution in [3.8, 4) is 0 Å². The van der Waals surface area contributed by atoms with E-state index in [2.05, 4.69) is 13.8 Å². The second-order valence-electron chi connectivity index (χ2n) is 10.9. The molecule has 0 aromatic rings. The molecule has 0 bridgehead atoms. The Morgan fingerprint density at radius 3 is 2.41 bits per heavy atom. The lowest BCUT2D eigenvalue weighted by Crippen LogP contribution is -2.52. The number of carbonyl (C=O) groups is 1. The zero-order valence-electron chi connectivity index (χ0n) is 17.1. The Morgan fingerprint density at radius 2 is 1.67 bits per heavy atom. The molecule has 0 radical (unpaired) electrons. The van der Waals surface area contributed by atoms with Gasteiger partial charge in [0.15, 0.2) is 0 Å². The van der Waals surface area contributed by atoms with Crippen molar-refractivity contribution in [3.05, 3.63) is 0 Å². The van der Waals surface area contributed by atoms with Crippen molar-refractivity contribution in [2.45, 2.75) is 96.7 Å². The fourth-order valence-electron chi connectivity index (χ4n) is 8.36. The topological polar surface area (TPSA) is 77.8 Å². The van der Waals surface area contributed by atoms with Crippen LogP contribution in [0.2, 0.25) is 0 Å². The third-order valence-corrected chi connectivity index (χ3v) is 9.96. The van der Waals surface area contributed by atoms with Crippen molar-refractivity contribution in [2.75, 3.05) is 0 Å². The Kier molecular flexibility index (Phi) is 4.91. The smallest absolute Gasteiger partial charge is 0.364 e. The summed E-state index contributed by atoms with van der Waals surface area (Å²) < 4.78 is 0. The van der Waals surface area contributed by atoms with Crippen molar-refractivity contribution in [3.63, 3.8) is 0 Å². The number of carboxylic acid groups (broad SMARTS) is 1. The van der Waals surface area contributed by atoms with Gasteiger partial charge < -0.3 is 15.3 Å². The van der Waals surface area contributed by atoms with Gasteiger partial charge in [-0.3, -0.25) is 0 Å². The molecular formula is C23H38O4. The molecule has 4 aliphatic carbocycles. The maximum Gasteiger partial charge on any atom is 0.364 e. The molecule has 4 fully saturated rings. The van der Waals surface area contributed by atoms with Gasteiger partial charge in [-0.05, 0) is 98.2 Å². The number of aliphatic carboxylic acids is 1. The number of carboxylic acids is 1. The van der Waals surface area contributed by atoms with Crippen LogP contribution >= 0.6 is 0 Å². The maximum atomic E-state index is 11.0. The first-order valence-corrected chi connectivity index (χ1v) is 11.4. The SMILES string of the molecule is CC12CCCCC1CCC1C2CCC2(C)C(CCC(O)(O)C(=O)O)CCC12. The Hall–Kier alpha value is -0.610. The lowest BCUT2D eigenvalue weighted by molar-refractivity contribution is -0.207. The molecule has 4 nitrogen and oxygen atoms in total. The van der Waals surface area contributed by atoms with E-state index in [1.807, 2.05) is 0 Å². The van der Waals surface area contributed by atoms with E-state index in [-0.39, 0.29) is 11.8 Å². The highest BCUT2D eigenvalue weighted by atomic mass is 16.5. The average Bonchev–Trinajstić information content (AvgIpc) is 2.96. The molecule has 0 aliphatic heterocycles. The highest BCUT2D eigenvalue weighted by Gasteiger charge is 2.59. The molecule has 0 aromatic carbocycles. The first-order chi connectivity index (χ1) is 12.7. The molecule has 3 N–H and O–H groups in total. The summed E-state index contributed by atoms with van der Waals surface area (Å²) in [5, 5.41) is 28.5. The Bertz CT molecular complexity index is 587. The van der Waals surface area contributed by atoms with Gasteiger partial charge >= 0.3 is 5.97 Å². The minimum atomic E-state index is -2.57. The molecule has 4 heteroatoms. The third-order valence-electron chi connectivity index (χ3n) is 9.96. The quantitative estimate of drug-likeness (QED) is 0.626. The van der Waals surface area contributed by atoms with Crippen molar-refractivity contribution in [1.29, 1.82) is 0 Å². The fourth-order valence-corrected chi connectivity index (χ4v) is 8.36. The molecule has 0 spiro atoms. The first kappa shape index (κ1) is 19.7. The number of aliphatic hydroxyl groups is 2. The highest BCUT2D eigenvalue weighted by Crippen LogP contribution is 2.67. The zero-order chi connectivity index (χ0) is 19.4. The van der Waals surface area contributed by atoms with Gasteiger partial charge in [0.2, 0.25) is 0 Å². The molecule has 0 heterocycles. The van der Waals surface area contributed by atoms with E-state index in [9.17, 15) is 15.0 Å². The van der Waals surface area contributed by atoms with Crippen LogP contribution in [0.1, 0.15) is 90.9 Å². The van der Waals surface area contributed by atoms with E-state index in [1.165, 1.54) is 57.8 Å². The molecule has 0 amide bonds. The van der Waals surface area contributed by atoms with Crippen LogP contribution in [0.3, 0.4) is 0 Å². The van der Waals surface area contributed by atoms with E-state index < -0.39 is 11.8 Å². The van der Waals surface area contributed by atoms with Gasteiger partial charge in [-0.2, -0.15) is 0 Å². The standard InChI is InChI=1S/C23H38O4/c1-21-12-4-3-5-15(21)6-8-17-18-9-7-16(10-14-23(26,27)20(24)25)22(18,2)13-11-19(17)21/h15-19,26-27H,3-14H2,1-2H3,(H,24,25). The Morgan fingerprint density at radius 1 is 0.926 bits per heavy atom. The van der Waals surface area contributed by atoms with E-state index in [0.717, 1.165) is 30.1 Å². The average molecular weight is 379 g/mol. The first-order valence-electron chi connectivity index (χ1n) is 11.4. The van der Waals surface area contributed by atoms with Crippen LogP contribution in [-0.2, 0) is 4.79 Å². The van der Waals surface area contributed by atoms with Gasteiger partial charge in [0.1, 0.15) is 0 Å². The minimum Gasteiger partial charge on any atom is -0.477 e. The van der Waals surface area contributed by atoms with Gasteiger partial charge in [-0.15, -0.1) is 0 Å². The number of hydrogen-bond donors (Lipinski definition) is 3. The Balaban J connectivity index is 1.49. The second kappa shape index (κ2) is 6.73. The minimum absolute atomic E-state index is 0.0524. The van der Waals surface area contributed by atoms with Gasteiger partial charge in [0, 0.05) is 6.42 Å². The summed E-state index contributed by atoms with van der Waals surface area (Å²) >= 11 is 0. The number of fused-ring (bicyclic) bond motifs is 5. The summed E-state index contributed by atoms with van der Waals surface area (Å²) in [4.78, 5) is 11.0. The van der Waals surface area contributed by atoms with Crippen molar-refractivity contribution >= 4 is 5.97 Å². The van der Waals surface area contributed by atoms with Gasteiger partial charge in [0.25, 0.3) is 5.79 Å². The van der Waals surface area contributed by atoms with E-state index in [4.69, 9.17) is 5.11 Å². The van der Waals surface area contributed by atoms with E-state index in [1.54, 1.807) is 0 Å².